The maximum absolute atomic E-state index is 11.7. The summed E-state index contributed by atoms with van der Waals surface area (Å²) in [5.74, 6) is -0.137. The van der Waals surface area contributed by atoms with Crippen LogP contribution in [-0.2, 0) is 0 Å². The summed E-state index contributed by atoms with van der Waals surface area (Å²) in [6.45, 7) is 1.28. The van der Waals surface area contributed by atoms with E-state index >= 15 is 0 Å². The second-order valence-corrected chi connectivity index (χ2v) is 4.40. The van der Waals surface area contributed by atoms with E-state index in [0.29, 0.717) is 24.3 Å². The Kier molecular flexibility index (Phi) is 5.28. The zero-order valence-corrected chi connectivity index (χ0v) is 10.6. The highest BCUT2D eigenvalue weighted by Crippen LogP contribution is 2.18. The summed E-state index contributed by atoms with van der Waals surface area (Å²) in [5, 5.41) is 2.80. The first-order chi connectivity index (χ1) is 7.65. The first-order valence-corrected chi connectivity index (χ1v) is 5.97. The number of nitrogens with two attached hydrogens (primary N) is 2. The Balaban J connectivity index is 2.53. The van der Waals surface area contributed by atoms with Crippen molar-refractivity contribution in [2.45, 2.75) is 12.8 Å². The first kappa shape index (κ1) is 13.0. The van der Waals surface area contributed by atoms with Crippen molar-refractivity contribution in [3.8, 4) is 0 Å². The fourth-order valence-corrected chi connectivity index (χ4v) is 1.69. The van der Waals surface area contributed by atoms with Gasteiger partial charge < -0.3 is 16.8 Å². The third-order valence-corrected chi connectivity index (χ3v) is 2.67. The van der Waals surface area contributed by atoms with Crippen molar-refractivity contribution in [1.29, 1.82) is 0 Å². The zero-order valence-electron chi connectivity index (χ0n) is 9.00. The molecule has 1 aromatic carbocycles. The summed E-state index contributed by atoms with van der Waals surface area (Å²) < 4.78 is 0.865. The van der Waals surface area contributed by atoms with Gasteiger partial charge in [0.15, 0.2) is 0 Å². The van der Waals surface area contributed by atoms with Crippen molar-refractivity contribution in [3.05, 3.63) is 28.2 Å². The fraction of sp³-hybridized carbons (Fsp3) is 0.364. The summed E-state index contributed by atoms with van der Waals surface area (Å²) in [7, 11) is 0. The molecule has 88 valence electrons. The molecule has 0 bridgehead atoms. The number of hydrogen-bond acceptors (Lipinski definition) is 3. The highest BCUT2D eigenvalue weighted by Gasteiger charge is 2.08. The molecule has 16 heavy (non-hydrogen) atoms. The smallest absolute Gasteiger partial charge is 0.253 e. The molecule has 0 aliphatic carbocycles. The quantitative estimate of drug-likeness (QED) is 0.566. The number of unbranched alkanes of at least 4 members (excludes halogenated alkanes) is 1. The molecule has 1 amide bonds. The average molecular weight is 286 g/mol. The Bertz CT molecular complexity index is 368. The predicted molar refractivity (Wildman–Crippen MR) is 69.2 cm³/mol. The van der Waals surface area contributed by atoms with Crippen LogP contribution in [0.1, 0.15) is 23.2 Å². The number of rotatable bonds is 5. The second kappa shape index (κ2) is 6.50. The molecule has 0 aliphatic rings. The van der Waals surface area contributed by atoms with Gasteiger partial charge in [-0.15, -0.1) is 0 Å². The molecule has 5 heteroatoms. The number of halogens is 1. The first-order valence-electron chi connectivity index (χ1n) is 5.18. The lowest BCUT2D eigenvalue weighted by Gasteiger charge is -2.07. The van der Waals surface area contributed by atoms with Gasteiger partial charge in [-0.3, -0.25) is 4.79 Å². The van der Waals surface area contributed by atoms with Gasteiger partial charge >= 0.3 is 0 Å². The molecule has 1 aromatic rings. The van der Waals surface area contributed by atoms with E-state index in [0.717, 1.165) is 17.3 Å². The number of benzene rings is 1. The van der Waals surface area contributed by atoms with Crippen molar-refractivity contribution in [2.24, 2.45) is 5.73 Å². The summed E-state index contributed by atoms with van der Waals surface area (Å²) in [5.41, 5.74) is 12.1. The van der Waals surface area contributed by atoms with E-state index < -0.39 is 0 Å². The number of hydrogen-bond donors (Lipinski definition) is 3. The van der Waals surface area contributed by atoms with E-state index in [9.17, 15) is 4.79 Å². The van der Waals surface area contributed by atoms with Crippen LogP contribution in [0.2, 0.25) is 0 Å². The summed E-state index contributed by atoms with van der Waals surface area (Å²) in [6.07, 6.45) is 1.80. The minimum Gasteiger partial charge on any atom is -0.398 e. The van der Waals surface area contributed by atoms with Gasteiger partial charge in [0, 0.05) is 16.7 Å². The summed E-state index contributed by atoms with van der Waals surface area (Å²) in [6, 6.07) is 5.22. The molecule has 0 saturated heterocycles. The SMILES string of the molecule is NCCCCNC(=O)c1ccc(Br)cc1N. The second-order valence-electron chi connectivity index (χ2n) is 3.48. The molecule has 0 spiro atoms. The Morgan fingerprint density at radius 1 is 1.38 bits per heavy atom. The molecular weight excluding hydrogens is 270 g/mol. The molecule has 5 N–H and O–H groups in total. The van der Waals surface area contributed by atoms with Crippen LogP contribution in [0.25, 0.3) is 0 Å². The van der Waals surface area contributed by atoms with E-state index in [2.05, 4.69) is 21.2 Å². The predicted octanol–water partition coefficient (Wildman–Crippen LogP) is 1.50. The van der Waals surface area contributed by atoms with Crippen molar-refractivity contribution >= 4 is 27.5 Å². The van der Waals surface area contributed by atoms with Crippen LogP contribution in [0.3, 0.4) is 0 Å². The van der Waals surface area contributed by atoms with Gasteiger partial charge in [0.2, 0.25) is 0 Å². The maximum Gasteiger partial charge on any atom is 0.253 e. The van der Waals surface area contributed by atoms with Crippen LogP contribution < -0.4 is 16.8 Å². The molecule has 0 radical (unpaired) electrons. The Labute approximate surface area is 104 Å². The molecule has 0 aliphatic heterocycles. The number of nitrogens with one attached hydrogen (secondary N) is 1. The van der Waals surface area contributed by atoms with E-state index in [1.807, 2.05) is 0 Å². The lowest BCUT2D eigenvalue weighted by Crippen LogP contribution is -2.25. The van der Waals surface area contributed by atoms with E-state index in [1.165, 1.54) is 0 Å². The Hall–Kier alpha value is -1.07. The van der Waals surface area contributed by atoms with Crippen LogP contribution >= 0.6 is 15.9 Å². The van der Waals surface area contributed by atoms with Gasteiger partial charge in [-0.1, -0.05) is 15.9 Å². The highest BCUT2D eigenvalue weighted by atomic mass is 79.9. The lowest BCUT2D eigenvalue weighted by atomic mass is 10.1. The molecular formula is C11H16BrN3O. The van der Waals surface area contributed by atoms with Gasteiger partial charge in [-0.05, 0) is 37.6 Å². The fourth-order valence-electron chi connectivity index (χ4n) is 1.31. The number of anilines is 1. The lowest BCUT2D eigenvalue weighted by molar-refractivity contribution is 0.0954. The number of carbonyl (C=O) groups excluding carboxylic acids is 1. The van der Waals surface area contributed by atoms with E-state index in [-0.39, 0.29) is 5.91 Å². The number of amides is 1. The van der Waals surface area contributed by atoms with Crippen molar-refractivity contribution in [3.63, 3.8) is 0 Å². The monoisotopic (exact) mass is 285 g/mol. The van der Waals surface area contributed by atoms with E-state index in [1.54, 1.807) is 18.2 Å². The van der Waals surface area contributed by atoms with Crippen LogP contribution in [0.5, 0.6) is 0 Å². The Morgan fingerprint density at radius 3 is 2.75 bits per heavy atom. The van der Waals surface area contributed by atoms with Gasteiger partial charge in [-0.25, -0.2) is 0 Å². The van der Waals surface area contributed by atoms with Crippen LogP contribution in [0, 0.1) is 0 Å². The molecule has 0 unspecified atom stereocenters. The van der Waals surface area contributed by atoms with Crippen molar-refractivity contribution in [1.82, 2.24) is 5.32 Å². The largest absolute Gasteiger partial charge is 0.398 e. The summed E-state index contributed by atoms with van der Waals surface area (Å²) >= 11 is 3.29. The van der Waals surface area contributed by atoms with Gasteiger partial charge in [0.25, 0.3) is 5.91 Å². The van der Waals surface area contributed by atoms with Crippen LogP contribution in [0.4, 0.5) is 5.69 Å². The number of nitrogen functional groups attached to an aromatic ring is 1. The van der Waals surface area contributed by atoms with E-state index in [4.69, 9.17) is 11.5 Å². The van der Waals surface area contributed by atoms with Gasteiger partial charge in [0.1, 0.15) is 0 Å². The third-order valence-electron chi connectivity index (χ3n) is 2.17. The molecule has 0 aromatic heterocycles. The average Bonchev–Trinajstić information content (AvgIpc) is 2.24. The van der Waals surface area contributed by atoms with Gasteiger partial charge in [-0.2, -0.15) is 0 Å². The van der Waals surface area contributed by atoms with Crippen LogP contribution in [-0.4, -0.2) is 19.0 Å². The third kappa shape index (κ3) is 3.83. The normalized spacial score (nSPS) is 10.1. The Morgan fingerprint density at radius 2 is 2.12 bits per heavy atom. The van der Waals surface area contributed by atoms with Crippen molar-refractivity contribution < 1.29 is 4.79 Å². The summed E-state index contributed by atoms with van der Waals surface area (Å²) in [4.78, 5) is 11.7. The maximum atomic E-state index is 11.7. The minimum absolute atomic E-state index is 0.137. The zero-order chi connectivity index (χ0) is 12.0. The molecule has 4 nitrogen and oxygen atoms in total. The molecule has 0 fully saturated rings. The van der Waals surface area contributed by atoms with Crippen molar-refractivity contribution in [2.75, 3.05) is 18.8 Å². The minimum atomic E-state index is -0.137. The standard InChI is InChI=1S/C11H16BrN3O/c12-8-3-4-9(10(14)7-8)11(16)15-6-2-1-5-13/h3-4,7H,1-2,5-6,13-14H2,(H,15,16). The topological polar surface area (TPSA) is 81.1 Å². The molecule has 0 heterocycles. The highest BCUT2D eigenvalue weighted by molar-refractivity contribution is 9.10. The molecule has 1 rings (SSSR count). The molecule has 0 atom stereocenters. The van der Waals surface area contributed by atoms with Crippen LogP contribution in [0.15, 0.2) is 22.7 Å². The van der Waals surface area contributed by atoms with Gasteiger partial charge in [0.05, 0.1) is 5.56 Å². The number of carbonyl (C=O) groups is 1. The molecule has 0 saturated carbocycles.